The topological polar surface area (TPSA) is 66.4 Å². The summed E-state index contributed by atoms with van der Waals surface area (Å²) in [5, 5.41) is 8.51. The van der Waals surface area contributed by atoms with Gasteiger partial charge in [-0.05, 0) is 28.3 Å². The Morgan fingerprint density at radius 1 is 0.821 bits per heavy atom. The summed E-state index contributed by atoms with van der Waals surface area (Å²) in [6.45, 7) is 0. The molecule has 0 aliphatic carbocycles. The largest absolute Gasteiger partial charge is 0.298 e. The summed E-state index contributed by atoms with van der Waals surface area (Å²) >= 11 is 0. The predicted molar refractivity (Wildman–Crippen MR) is 109 cm³/mol. The lowest BCUT2D eigenvalue weighted by molar-refractivity contribution is -0.124. The molecule has 0 spiro atoms. The van der Waals surface area contributed by atoms with E-state index in [-0.39, 0.29) is 11.7 Å². The van der Waals surface area contributed by atoms with Crippen LogP contribution in [0.4, 0.5) is 0 Å². The Morgan fingerprint density at radius 3 is 1.86 bits per heavy atom. The number of carbonyl (C=O) groups excluding carboxylic acids is 2. The molecule has 0 atom stereocenters. The maximum absolute atomic E-state index is 13.2. The lowest BCUT2D eigenvalue weighted by Gasteiger charge is -2.17. The minimum Gasteiger partial charge on any atom is -0.298 e. The Kier molecular flexibility index (Phi) is 6.50. The third-order valence-corrected chi connectivity index (χ3v) is 4.48. The van der Waals surface area contributed by atoms with Gasteiger partial charge in [-0.3, -0.25) is 14.8 Å². The summed E-state index contributed by atoms with van der Waals surface area (Å²) in [6, 6.07) is 27.0. The van der Waals surface area contributed by atoms with Gasteiger partial charge >= 0.3 is 0 Å². The van der Waals surface area contributed by atoms with Gasteiger partial charge in [0.1, 0.15) is 5.78 Å². The number of carbonyl (C=O) groups is 2. The molecule has 3 aromatic rings. The molecule has 4 heteroatoms. The van der Waals surface area contributed by atoms with Gasteiger partial charge in [-0.2, -0.15) is 0 Å². The van der Waals surface area contributed by atoms with Crippen LogP contribution in [-0.2, 0) is 16.0 Å². The first-order chi connectivity index (χ1) is 13.7. The molecule has 0 saturated heterocycles. The number of rotatable bonds is 7. The van der Waals surface area contributed by atoms with Crippen molar-refractivity contribution in [2.45, 2.75) is 12.3 Å². The van der Waals surface area contributed by atoms with Crippen LogP contribution in [-0.4, -0.2) is 16.9 Å². The Bertz CT molecular complexity index is 909. The van der Waals surface area contributed by atoms with Crippen LogP contribution in [0, 0.1) is 0 Å². The number of hydrogen-bond acceptors (Lipinski definition) is 3. The number of Topliss-reactive ketones (excluding diaryl/α,β-unsaturated/α-hetero) is 1. The molecule has 0 aromatic heterocycles. The molecule has 140 valence electrons. The van der Waals surface area contributed by atoms with E-state index in [1.54, 1.807) is 11.6 Å². The molecule has 0 fully saturated rings. The number of benzene rings is 3. The maximum atomic E-state index is 13.2. The first kappa shape index (κ1) is 19.3. The molecule has 3 rings (SSSR count). The van der Waals surface area contributed by atoms with Gasteiger partial charge in [-0.25, -0.2) is 5.48 Å². The van der Waals surface area contributed by atoms with E-state index in [0.29, 0.717) is 6.42 Å². The van der Waals surface area contributed by atoms with Crippen molar-refractivity contribution in [2.24, 2.45) is 0 Å². The van der Waals surface area contributed by atoms with Crippen LogP contribution >= 0.6 is 0 Å². The van der Waals surface area contributed by atoms with Crippen molar-refractivity contribution in [3.8, 4) is 0 Å². The second-order valence-corrected chi connectivity index (χ2v) is 6.45. The van der Waals surface area contributed by atoms with E-state index < -0.39 is 5.91 Å². The fraction of sp³-hybridized carbons (Fsp3) is 0.0833. The summed E-state index contributed by atoms with van der Waals surface area (Å²) in [4.78, 5) is 24.2. The monoisotopic (exact) mass is 371 g/mol. The van der Waals surface area contributed by atoms with E-state index >= 15 is 0 Å². The summed E-state index contributed by atoms with van der Waals surface area (Å²) in [6.07, 6.45) is 3.14. The van der Waals surface area contributed by atoms with E-state index in [2.05, 4.69) is 0 Å². The number of ketones is 1. The standard InChI is InChI=1S/C24H21NO3/c26-22(17-19-13-11-18(12-14-19)15-16-23(27)25-28)24(20-7-3-1-4-8-20)21-9-5-2-6-10-21/h1-16,24,28H,17H2,(H,25,27). The minimum absolute atomic E-state index is 0.125. The highest BCUT2D eigenvalue weighted by Gasteiger charge is 2.22. The molecule has 1 amide bonds. The van der Waals surface area contributed by atoms with Crippen LogP contribution in [0.5, 0.6) is 0 Å². The Hall–Kier alpha value is -3.50. The van der Waals surface area contributed by atoms with E-state index in [1.165, 1.54) is 6.08 Å². The molecule has 2 N–H and O–H groups in total. The van der Waals surface area contributed by atoms with Crippen LogP contribution < -0.4 is 5.48 Å². The molecule has 4 nitrogen and oxygen atoms in total. The lowest BCUT2D eigenvalue weighted by atomic mass is 9.85. The third-order valence-electron chi connectivity index (χ3n) is 4.48. The zero-order chi connectivity index (χ0) is 19.8. The van der Waals surface area contributed by atoms with Gasteiger partial charge in [0, 0.05) is 12.5 Å². The Balaban J connectivity index is 1.79. The summed E-state index contributed by atoms with van der Waals surface area (Å²) < 4.78 is 0. The molecule has 0 saturated carbocycles. The fourth-order valence-electron chi connectivity index (χ4n) is 3.11. The van der Waals surface area contributed by atoms with Gasteiger partial charge in [0.25, 0.3) is 5.91 Å². The first-order valence-electron chi connectivity index (χ1n) is 9.01. The number of nitrogens with one attached hydrogen (secondary N) is 1. The van der Waals surface area contributed by atoms with Gasteiger partial charge in [0.05, 0.1) is 5.92 Å². The van der Waals surface area contributed by atoms with Crippen molar-refractivity contribution in [3.05, 3.63) is 113 Å². The maximum Gasteiger partial charge on any atom is 0.267 e. The lowest BCUT2D eigenvalue weighted by Crippen LogP contribution is -2.16. The van der Waals surface area contributed by atoms with Gasteiger partial charge in [-0.15, -0.1) is 0 Å². The molecule has 0 unspecified atom stereocenters. The second kappa shape index (κ2) is 9.44. The van der Waals surface area contributed by atoms with Gasteiger partial charge < -0.3 is 0 Å². The van der Waals surface area contributed by atoms with E-state index in [0.717, 1.165) is 22.3 Å². The average Bonchev–Trinajstić information content (AvgIpc) is 2.74. The van der Waals surface area contributed by atoms with E-state index in [4.69, 9.17) is 5.21 Å². The number of hydrogen-bond donors (Lipinski definition) is 2. The average molecular weight is 371 g/mol. The number of hydroxylamine groups is 1. The van der Waals surface area contributed by atoms with Crippen LogP contribution in [0.2, 0.25) is 0 Å². The summed E-state index contributed by atoms with van der Waals surface area (Å²) in [5.74, 6) is -0.775. The van der Waals surface area contributed by atoms with Gasteiger partial charge in [0.15, 0.2) is 0 Å². The van der Waals surface area contributed by atoms with E-state index in [1.807, 2.05) is 84.9 Å². The van der Waals surface area contributed by atoms with Gasteiger partial charge in [-0.1, -0.05) is 84.9 Å². The highest BCUT2D eigenvalue weighted by Crippen LogP contribution is 2.27. The molecule has 28 heavy (non-hydrogen) atoms. The van der Waals surface area contributed by atoms with Crippen molar-refractivity contribution in [3.63, 3.8) is 0 Å². The second-order valence-electron chi connectivity index (χ2n) is 6.45. The summed E-state index contributed by atoms with van der Waals surface area (Å²) in [7, 11) is 0. The zero-order valence-corrected chi connectivity index (χ0v) is 15.3. The molecule has 0 bridgehead atoms. The molecule has 0 aliphatic rings. The van der Waals surface area contributed by atoms with Crippen LogP contribution in [0.15, 0.2) is 91.0 Å². The SMILES string of the molecule is O=C(C=Cc1ccc(CC(=O)C(c2ccccc2)c2ccccc2)cc1)NO. The fourth-order valence-corrected chi connectivity index (χ4v) is 3.11. The number of amides is 1. The smallest absolute Gasteiger partial charge is 0.267 e. The predicted octanol–water partition coefficient (Wildman–Crippen LogP) is 4.15. The van der Waals surface area contributed by atoms with Crippen molar-refractivity contribution in [2.75, 3.05) is 0 Å². The van der Waals surface area contributed by atoms with Gasteiger partial charge in [0.2, 0.25) is 0 Å². The molecular formula is C24H21NO3. The molecule has 0 radical (unpaired) electrons. The van der Waals surface area contributed by atoms with Crippen LogP contribution in [0.1, 0.15) is 28.2 Å². The molecule has 0 heterocycles. The third kappa shape index (κ3) is 5.02. The van der Waals surface area contributed by atoms with Crippen LogP contribution in [0.25, 0.3) is 6.08 Å². The molecular weight excluding hydrogens is 350 g/mol. The highest BCUT2D eigenvalue weighted by atomic mass is 16.5. The Morgan fingerprint density at radius 2 is 1.36 bits per heavy atom. The summed E-state index contributed by atoms with van der Waals surface area (Å²) in [5.41, 5.74) is 5.22. The minimum atomic E-state index is -0.590. The molecule has 0 aliphatic heterocycles. The highest BCUT2D eigenvalue weighted by molar-refractivity contribution is 5.91. The van der Waals surface area contributed by atoms with Crippen molar-refractivity contribution in [1.82, 2.24) is 5.48 Å². The zero-order valence-electron chi connectivity index (χ0n) is 15.3. The van der Waals surface area contributed by atoms with Crippen molar-refractivity contribution < 1.29 is 14.8 Å². The van der Waals surface area contributed by atoms with Crippen molar-refractivity contribution >= 4 is 17.8 Å². The van der Waals surface area contributed by atoms with Crippen molar-refractivity contribution in [1.29, 1.82) is 0 Å². The quantitative estimate of drug-likeness (QED) is 0.372. The van der Waals surface area contributed by atoms with E-state index in [9.17, 15) is 9.59 Å². The Labute approximate surface area is 164 Å². The molecule has 3 aromatic carbocycles. The van der Waals surface area contributed by atoms with Crippen LogP contribution in [0.3, 0.4) is 0 Å². The first-order valence-corrected chi connectivity index (χ1v) is 9.01. The normalized spacial score (nSPS) is 10.9.